The molecule has 0 radical (unpaired) electrons. The summed E-state index contributed by atoms with van der Waals surface area (Å²) in [7, 11) is 1.78. The molecule has 0 aliphatic carbocycles. The number of halogens is 2. The summed E-state index contributed by atoms with van der Waals surface area (Å²) < 4.78 is 5.04. The average Bonchev–Trinajstić information content (AvgIpc) is 3.45. The zero-order valence-corrected chi connectivity index (χ0v) is 23.5. The summed E-state index contributed by atoms with van der Waals surface area (Å²) in [6, 6.07) is 18.1. The summed E-state index contributed by atoms with van der Waals surface area (Å²) in [5.41, 5.74) is 2.71. The summed E-state index contributed by atoms with van der Waals surface area (Å²) in [5, 5.41) is 12.2. The number of aromatic nitrogens is 6. The van der Waals surface area contributed by atoms with E-state index in [4.69, 9.17) is 23.2 Å². The van der Waals surface area contributed by atoms with E-state index in [1.807, 2.05) is 47.0 Å². The van der Waals surface area contributed by atoms with Gasteiger partial charge in [0.1, 0.15) is 5.69 Å². The first-order valence-electron chi connectivity index (χ1n) is 11.9. The van der Waals surface area contributed by atoms with Gasteiger partial charge in [-0.05, 0) is 56.3 Å². The molecule has 0 spiro atoms. The van der Waals surface area contributed by atoms with Crippen LogP contribution in [0.5, 0.6) is 0 Å². The van der Waals surface area contributed by atoms with E-state index >= 15 is 0 Å². The lowest BCUT2D eigenvalue weighted by atomic mass is 10.2. The van der Waals surface area contributed by atoms with Crippen LogP contribution in [0.3, 0.4) is 0 Å². The number of nitrogens with zero attached hydrogens (tertiary/aromatic N) is 6. The zero-order chi connectivity index (χ0) is 27.7. The Morgan fingerprint density at radius 1 is 0.974 bits per heavy atom. The van der Waals surface area contributed by atoms with Crippen LogP contribution in [0.2, 0.25) is 10.0 Å². The van der Waals surface area contributed by atoms with Crippen LogP contribution in [0.25, 0.3) is 22.8 Å². The maximum atomic E-state index is 13.3. The fraction of sp³-hybridized carbons (Fsp3) is 0.148. The van der Waals surface area contributed by atoms with Gasteiger partial charge in [-0.1, -0.05) is 53.2 Å². The highest BCUT2D eigenvalue weighted by Gasteiger charge is 2.25. The second-order valence-electron chi connectivity index (χ2n) is 8.66. The van der Waals surface area contributed by atoms with Gasteiger partial charge >= 0.3 is 0 Å². The fourth-order valence-corrected chi connectivity index (χ4v) is 5.20. The van der Waals surface area contributed by atoms with E-state index in [-0.39, 0.29) is 17.2 Å². The lowest BCUT2D eigenvalue weighted by Crippen LogP contribution is -2.27. The van der Waals surface area contributed by atoms with Gasteiger partial charge in [-0.3, -0.25) is 23.8 Å². The molecule has 1 atom stereocenters. The Bertz CT molecular complexity index is 1720. The van der Waals surface area contributed by atoms with E-state index in [2.05, 4.69) is 20.5 Å². The second kappa shape index (κ2) is 11.1. The van der Waals surface area contributed by atoms with E-state index in [0.717, 1.165) is 5.56 Å². The number of rotatable bonds is 7. The van der Waals surface area contributed by atoms with Gasteiger partial charge in [0.05, 0.1) is 32.4 Å². The Balaban J connectivity index is 1.46. The molecule has 0 saturated carbocycles. The van der Waals surface area contributed by atoms with Crippen molar-refractivity contribution < 1.29 is 4.79 Å². The van der Waals surface area contributed by atoms with Crippen molar-refractivity contribution in [1.29, 1.82) is 0 Å². The molecule has 0 aliphatic rings. The van der Waals surface area contributed by atoms with Crippen molar-refractivity contribution in [2.75, 3.05) is 5.32 Å². The number of carbonyl (C=O) groups excluding carboxylic acids is 1. The van der Waals surface area contributed by atoms with Gasteiger partial charge in [0.25, 0.3) is 5.56 Å². The third kappa shape index (κ3) is 5.23. The van der Waals surface area contributed by atoms with Gasteiger partial charge in [-0.2, -0.15) is 0 Å². The molecule has 198 valence electrons. The number of thioether (sulfide) groups is 1. The van der Waals surface area contributed by atoms with E-state index in [1.165, 1.54) is 16.4 Å². The molecule has 0 fully saturated rings. The van der Waals surface area contributed by atoms with Crippen LogP contribution in [0.4, 0.5) is 5.69 Å². The van der Waals surface area contributed by atoms with Crippen LogP contribution in [-0.4, -0.2) is 40.3 Å². The molecule has 0 bridgehead atoms. The third-order valence-corrected chi connectivity index (χ3v) is 7.97. The van der Waals surface area contributed by atoms with Gasteiger partial charge in [0.2, 0.25) is 5.91 Å². The molecule has 0 aliphatic heterocycles. The van der Waals surface area contributed by atoms with E-state index < -0.39 is 5.25 Å². The first kappa shape index (κ1) is 26.7. The smallest absolute Gasteiger partial charge is 0.295 e. The van der Waals surface area contributed by atoms with Gasteiger partial charge in [0, 0.05) is 25.0 Å². The van der Waals surface area contributed by atoms with E-state index in [1.54, 1.807) is 56.2 Å². The Labute approximate surface area is 238 Å². The molecule has 39 heavy (non-hydrogen) atoms. The number of anilines is 1. The van der Waals surface area contributed by atoms with Crippen molar-refractivity contribution in [3.8, 4) is 22.8 Å². The van der Waals surface area contributed by atoms with Crippen LogP contribution in [-0.2, 0) is 11.8 Å². The van der Waals surface area contributed by atoms with Crippen LogP contribution in [0.1, 0.15) is 12.6 Å². The molecule has 0 unspecified atom stereocenters. The highest BCUT2D eigenvalue weighted by molar-refractivity contribution is 8.00. The minimum atomic E-state index is -0.620. The number of carbonyl (C=O) groups is 1. The number of hydrogen-bond donors (Lipinski definition) is 1. The predicted molar refractivity (Wildman–Crippen MR) is 154 cm³/mol. The number of hydrogen-bond acceptors (Lipinski definition) is 6. The Hall–Kier alpha value is -3.86. The van der Waals surface area contributed by atoms with Crippen molar-refractivity contribution >= 4 is 46.6 Å². The summed E-state index contributed by atoms with van der Waals surface area (Å²) >= 11 is 13.7. The van der Waals surface area contributed by atoms with Crippen molar-refractivity contribution in [3.05, 3.63) is 99.2 Å². The maximum absolute atomic E-state index is 13.3. The first-order chi connectivity index (χ1) is 18.8. The average molecular weight is 581 g/mol. The second-order valence-corrected chi connectivity index (χ2v) is 10.8. The molecule has 5 aromatic rings. The third-order valence-electron chi connectivity index (χ3n) is 6.19. The number of nitrogens with one attached hydrogen (secondary N) is 1. The van der Waals surface area contributed by atoms with Crippen molar-refractivity contribution in [1.82, 2.24) is 29.1 Å². The van der Waals surface area contributed by atoms with Crippen LogP contribution < -0.4 is 10.9 Å². The topological polar surface area (TPSA) is 99.6 Å². The quantitative estimate of drug-likeness (QED) is 0.254. The molecule has 3 aromatic heterocycles. The van der Waals surface area contributed by atoms with E-state index in [0.29, 0.717) is 38.1 Å². The Morgan fingerprint density at radius 2 is 1.69 bits per heavy atom. The minimum Gasteiger partial charge on any atom is -0.319 e. The number of benzene rings is 2. The van der Waals surface area contributed by atoms with Gasteiger partial charge in [-0.25, -0.2) is 4.68 Å². The molecule has 0 saturated heterocycles. The monoisotopic (exact) mass is 579 g/mol. The standard InChI is InChI=1S/C27H23Cl2N7O2S/c1-16-23(26(38)36(34(16)3)19-7-5-4-6-8-19)31-25(37)17(2)39-27-33-32-24(18-11-13-30-14-12-18)35(27)20-9-10-21(28)22(29)15-20/h4-15,17H,1-3H3,(H,31,37)/t17-/m1/s1. The van der Waals surface area contributed by atoms with Crippen molar-refractivity contribution in [3.63, 3.8) is 0 Å². The first-order valence-corrected chi connectivity index (χ1v) is 13.5. The summed E-state index contributed by atoms with van der Waals surface area (Å²) in [4.78, 5) is 30.6. The highest BCUT2D eigenvalue weighted by atomic mass is 35.5. The van der Waals surface area contributed by atoms with Crippen molar-refractivity contribution in [2.24, 2.45) is 7.05 Å². The molecule has 3 heterocycles. The lowest BCUT2D eigenvalue weighted by Gasteiger charge is -2.14. The molecule has 1 N–H and O–H groups in total. The normalized spacial score (nSPS) is 11.9. The highest BCUT2D eigenvalue weighted by Crippen LogP contribution is 2.33. The predicted octanol–water partition coefficient (Wildman–Crippen LogP) is 5.55. The SMILES string of the molecule is Cc1c(NC(=O)[C@@H](C)Sc2nnc(-c3ccncc3)n2-c2ccc(Cl)c(Cl)c2)c(=O)n(-c2ccccc2)n1C. The minimum absolute atomic E-state index is 0.224. The van der Waals surface area contributed by atoms with Crippen LogP contribution in [0, 0.1) is 6.92 Å². The van der Waals surface area contributed by atoms with Crippen LogP contribution >= 0.6 is 35.0 Å². The molecule has 9 nitrogen and oxygen atoms in total. The maximum Gasteiger partial charge on any atom is 0.295 e. The molecule has 12 heteroatoms. The van der Waals surface area contributed by atoms with Gasteiger partial charge < -0.3 is 5.32 Å². The van der Waals surface area contributed by atoms with Gasteiger partial charge in [-0.15, -0.1) is 10.2 Å². The lowest BCUT2D eigenvalue weighted by molar-refractivity contribution is -0.115. The molecular weight excluding hydrogens is 557 g/mol. The molecule has 1 amide bonds. The zero-order valence-electron chi connectivity index (χ0n) is 21.2. The summed E-state index contributed by atoms with van der Waals surface area (Å²) in [6.07, 6.45) is 3.33. The molecule has 2 aromatic carbocycles. The van der Waals surface area contributed by atoms with E-state index in [9.17, 15) is 9.59 Å². The van der Waals surface area contributed by atoms with Gasteiger partial charge in [0.15, 0.2) is 11.0 Å². The number of para-hydroxylation sites is 1. The Morgan fingerprint density at radius 3 is 2.38 bits per heavy atom. The number of amides is 1. The molecule has 5 rings (SSSR count). The van der Waals surface area contributed by atoms with Crippen LogP contribution in [0.15, 0.2) is 83.0 Å². The number of pyridine rings is 1. The summed E-state index contributed by atoms with van der Waals surface area (Å²) in [5.74, 6) is 0.204. The summed E-state index contributed by atoms with van der Waals surface area (Å²) in [6.45, 7) is 3.53. The largest absolute Gasteiger partial charge is 0.319 e. The Kier molecular flexibility index (Phi) is 7.60. The fourth-order valence-electron chi connectivity index (χ4n) is 4.04. The molecular formula is C27H23Cl2N7O2S. The van der Waals surface area contributed by atoms with Crippen molar-refractivity contribution in [2.45, 2.75) is 24.3 Å².